The minimum absolute atomic E-state index is 0.181. The third-order valence-corrected chi connectivity index (χ3v) is 5.59. The SMILES string of the molecule is COc1cc(CCC(=O)N2[C@@H]3CCC[C@H]2CC(O)C3)cc(OC)c1OC. The van der Waals surface area contributed by atoms with E-state index in [0.717, 1.165) is 24.8 Å². The number of carbonyl (C=O) groups is 1. The first kappa shape index (κ1) is 18.8. The first-order valence-corrected chi connectivity index (χ1v) is 9.35. The number of piperidine rings is 2. The molecule has 1 unspecified atom stereocenters. The predicted octanol–water partition coefficient (Wildman–Crippen LogP) is 2.55. The summed E-state index contributed by atoms with van der Waals surface area (Å²) in [6, 6.07) is 4.19. The number of hydrogen-bond acceptors (Lipinski definition) is 5. The Morgan fingerprint density at radius 1 is 1.08 bits per heavy atom. The average Bonchev–Trinajstić information content (AvgIpc) is 2.64. The van der Waals surface area contributed by atoms with Crippen LogP contribution in [0.3, 0.4) is 0 Å². The Morgan fingerprint density at radius 3 is 2.15 bits per heavy atom. The number of ether oxygens (including phenoxy) is 3. The lowest BCUT2D eigenvalue weighted by Gasteiger charge is -2.48. The van der Waals surface area contributed by atoms with Crippen LogP contribution in [0.1, 0.15) is 44.1 Å². The number of fused-ring (bicyclic) bond motifs is 2. The molecule has 3 atom stereocenters. The topological polar surface area (TPSA) is 68.2 Å². The quantitative estimate of drug-likeness (QED) is 0.841. The van der Waals surface area contributed by atoms with Crippen molar-refractivity contribution >= 4 is 5.91 Å². The molecule has 3 rings (SSSR count). The predicted molar refractivity (Wildman–Crippen MR) is 97.9 cm³/mol. The van der Waals surface area contributed by atoms with Gasteiger partial charge in [-0.05, 0) is 56.2 Å². The van der Waals surface area contributed by atoms with Gasteiger partial charge in [0.05, 0.1) is 27.4 Å². The van der Waals surface area contributed by atoms with Gasteiger partial charge < -0.3 is 24.2 Å². The minimum atomic E-state index is -0.260. The fourth-order valence-electron chi connectivity index (χ4n) is 4.42. The number of rotatable bonds is 6. The normalized spacial score (nSPS) is 24.9. The van der Waals surface area contributed by atoms with Crippen LogP contribution in [0.4, 0.5) is 0 Å². The van der Waals surface area contributed by atoms with Gasteiger partial charge in [-0.2, -0.15) is 0 Å². The Kier molecular flexibility index (Phi) is 5.91. The van der Waals surface area contributed by atoms with Crippen LogP contribution in [0.2, 0.25) is 0 Å². The van der Waals surface area contributed by atoms with Gasteiger partial charge in [0.15, 0.2) is 11.5 Å². The number of aliphatic hydroxyl groups excluding tert-OH is 1. The smallest absolute Gasteiger partial charge is 0.223 e. The van der Waals surface area contributed by atoms with E-state index in [0.29, 0.717) is 42.9 Å². The Bertz CT molecular complexity index is 608. The van der Waals surface area contributed by atoms with E-state index in [-0.39, 0.29) is 24.1 Å². The van der Waals surface area contributed by atoms with Crippen molar-refractivity contribution in [2.45, 2.75) is 63.1 Å². The number of aryl methyl sites for hydroxylation is 1. The molecule has 2 fully saturated rings. The maximum Gasteiger partial charge on any atom is 0.223 e. The van der Waals surface area contributed by atoms with Gasteiger partial charge in [0.1, 0.15) is 0 Å². The van der Waals surface area contributed by atoms with Crippen LogP contribution in [0.5, 0.6) is 17.2 Å². The monoisotopic (exact) mass is 363 g/mol. The summed E-state index contributed by atoms with van der Waals surface area (Å²) in [5.74, 6) is 1.95. The van der Waals surface area contributed by atoms with Crippen molar-refractivity contribution in [1.29, 1.82) is 0 Å². The summed E-state index contributed by atoms with van der Waals surface area (Å²) in [6.07, 6.45) is 5.39. The van der Waals surface area contributed by atoms with Crippen molar-refractivity contribution in [3.8, 4) is 17.2 Å². The molecule has 0 radical (unpaired) electrons. The lowest BCUT2D eigenvalue weighted by Crippen LogP contribution is -2.55. The van der Waals surface area contributed by atoms with E-state index >= 15 is 0 Å². The Hall–Kier alpha value is -1.95. The van der Waals surface area contributed by atoms with Crippen molar-refractivity contribution in [3.63, 3.8) is 0 Å². The maximum absolute atomic E-state index is 12.9. The van der Waals surface area contributed by atoms with E-state index < -0.39 is 0 Å². The second-order valence-corrected chi connectivity index (χ2v) is 7.20. The van der Waals surface area contributed by atoms with Gasteiger partial charge in [0.2, 0.25) is 11.7 Å². The van der Waals surface area contributed by atoms with Gasteiger partial charge in [0, 0.05) is 18.5 Å². The number of aliphatic hydroxyl groups is 1. The zero-order valence-corrected chi connectivity index (χ0v) is 15.9. The summed E-state index contributed by atoms with van der Waals surface area (Å²) < 4.78 is 16.1. The number of nitrogens with zero attached hydrogens (tertiary/aromatic N) is 1. The third kappa shape index (κ3) is 3.75. The number of amides is 1. The van der Waals surface area contributed by atoms with E-state index in [1.165, 1.54) is 0 Å². The van der Waals surface area contributed by atoms with Crippen molar-refractivity contribution in [2.24, 2.45) is 0 Å². The number of carbonyl (C=O) groups excluding carboxylic acids is 1. The molecule has 2 saturated heterocycles. The summed E-state index contributed by atoms with van der Waals surface area (Å²) in [5.41, 5.74) is 0.982. The lowest BCUT2D eigenvalue weighted by molar-refractivity contribution is -0.143. The number of hydrogen-bond donors (Lipinski definition) is 1. The fourth-order valence-corrected chi connectivity index (χ4v) is 4.42. The average molecular weight is 363 g/mol. The van der Waals surface area contributed by atoms with Gasteiger partial charge in [-0.15, -0.1) is 0 Å². The van der Waals surface area contributed by atoms with Gasteiger partial charge in [-0.1, -0.05) is 0 Å². The number of benzene rings is 1. The highest BCUT2D eigenvalue weighted by atomic mass is 16.5. The molecule has 26 heavy (non-hydrogen) atoms. The highest BCUT2D eigenvalue weighted by Crippen LogP contribution is 2.39. The molecule has 2 heterocycles. The molecule has 0 saturated carbocycles. The van der Waals surface area contributed by atoms with Gasteiger partial charge in [0.25, 0.3) is 0 Å². The van der Waals surface area contributed by atoms with E-state index in [9.17, 15) is 9.90 Å². The second kappa shape index (κ2) is 8.16. The summed E-state index contributed by atoms with van der Waals surface area (Å²) in [5, 5.41) is 10.0. The Morgan fingerprint density at radius 2 is 1.65 bits per heavy atom. The molecule has 1 aromatic rings. The van der Waals surface area contributed by atoms with Crippen LogP contribution in [0.25, 0.3) is 0 Å². The molecule has 1 amide bonds. The second-order valence-electron chi connectivity index (χ2n) is 7.20. The fraction of sp³-hybridized carbons (Fsp3) is 0.650. The summed E-state index contributed by atoms with van der Waals surface area (Å²) in [4.78, 5) is 14.9. The van der Waals surface area contributed by atoms with Crippen molar-refractivity contribution in [1.82, 2.24) is 4.90 Å². The zero-order chi connectivity index (χ0) is 18.7. The summed E-state index contributed by atoms with van der Waals surface area (Å²) >= 11 is 0. The van der Waals surface area contributed by atoms with Crippen molar-refractivity contribution in [3.05, 3.63) is 17.7 Å². The Balaban J connectivity index is 1.70. The van der Waals surface area contributed by atoms with Crippen molar-refractivity contribution in [2.75, 3.05) is 21.3 Å². The highest BCUT2D eigenvalue weighted by Gasteiger charge is 2.39. The van der Waals surface area contributed by atoms with Crippen LogP contribution in [0, 0.1) is 0 Å². The molecular weight excluding hydrogens is 334 g/mol. The van der Waals surface area contributed by atoms with E-state index in [1.54, 1.807) is 21.3 Å². The summed E-state index contributed by atoms with van der Waals surface area (Å²) in [6.45, 7) is 0. The van der Waals surface area contributed by atoms with Crippen LogP contribution in [-0.4, -0.2) is 55.4 Å². The first-order chi connectivity index (χ1) is 12.6. The number of methoxy groups -OCH3 is 3. The van der Waals surface area contributed by atoms with Crippen molar-refractivity contribution < 1.29 is 24.1 Å². The molecule has 6 nitrogen and oxygen atoms in total. The third-order valence-electron chi connectivity index (χ3n) is 5.59. The molecule has 144 valence electrons. The van der Waals surface area contributed by atoms with Gasteiger partial charge in [-0.25, -0.2) is 0 Å². The molecule has 1 N–H and O–H groups in total. The van der Waals surface area contributed by atoms with Crippen LogP contribution < -0.4 is 14.2 Å². The van der Waals surface area contributed by atoms with E-state index in [1.807, 2.05) is 17.0 Å². The lowest BCUT2D eigenvalue weighted by atomic mass is 9.82. The summed E-state index contributed by atoms with van der Waals surface area (Å²) in [7, 11) is 4.76. The molecule has 0 aromatic heterocycles. The minimum Gasteiger partial charge on any atom is -0.493 e. The molecule has 6 heteroatoms. The molecule has 2 aliphatic heterocycles. The van der Waals surface area contributed by atoms with Crippen LogP contribution in [0.15, 0.2) is 12.1 Å². The van der Waals surface area contributed by atoms with Gasteiger partial charge in [-0.3, -0.25) is 4.79 Å². The van der Waals surface area contributed by atoms with E-state index in [2.05, 4.69) is 0 Å². The molecule has 0 spiro atoms. The zero-order valence-electron chi connectivity index (χ0n) is 15.9. The van der Waals surface area contributed by atoms with Gasteiger partial charge >= 0.3 is 0 Å². The molecule has 0 aliphatic carbocycles. The van der Waals surface area contributed by atoms with Crippen LogP contribution in [-0.2, 0) is 11.2 Å². The van der Waals surface area contributed by atoms with E-state index in [4.69, 9.17) is 14.2 Å². The first-order valence-electron chi connectivity index (χ1n) is 9.35. The highest BCUT2D eigenvalue weighted by molar-refractivity contribution is 5.77. The molecular formula is C20H29NO5. The Labute approximate surface area is 155 Å². The molecule has 2 aliphatic rings. The largest absolute Gasteiger partial charge is 0.493 e. The molecule has 1 aromatic carbocycles. The molecule has 2 bridgehead atoms. The maximum atomic E-state index is 12.9. The standard InChI is InChI=1S/C20H29NO5/c1-24-17-9-13(10-18(25-2)20(17)26-3)7-8-19(23)21-14-5-4-6-15(21)12-16(22)11-14/h9-10,14-16,22H,4-8,11-12H2,1-3H3/t14-,15+,16?. The van der Waals surface area contributed by atoms with Crippen LogP contribution >= 0.6 is 0 Å².